The van der Waals surface area contributed by atoms with Crippen molar-refractivity contribution in [3.63, 3.8) is 0 Å². The first-order valence-electron chi connectivity index (χ1n) is 5.85. The number of hydrogen-bond acceptors (Lipinski definition) is 4. The first kappa shape index (κ1) is 11.7. The lowest BCUT2D eigenvalue weighted by Crippen LogP contribution is -1.98. The predicted octanol–water partition coefficient (Wildman–Crippen LogP) is 4.59. The van der Waals surface area contributed by atoms with Gasteiger partial charge in [-0.1, -0.05) is 17.4 Å². The molecule has 1 aromatic carbocycles. The normalized spacial score (nSPS) is 11.0. The third kappa shape index (κ3) is 2.26. The van der Waals surface area contributed by atoms with Gasteiger partial charge in [0.25, 0.3) is 0 Å². The van der Waals surface area contributed by atoms with Crippen molar-refractivity contribution in [3.05, 3.63) is 45.6 Å². The van der Waals surface area contributed by atoms with Crippen LogP contribution in [0, 0.1) is 13.8 Å². The Kier molecular flexibility index (Phi) is 3.06. The second-order valence-electron chi connectivity index (χ2n) is 4.42. The molecule has 92 valence electrons. The number of aromatic nitrogens is 1. The molecule has 0 saturated heterocycles. The van der Waals surface area contributed by atoms with Gasteiger partial charge in [-0.25, -0.2) is 4.98 Å². The van der Waals surface area contributed by atoms with Crippen molar-refractivity contribution < 1.29 is 0 Å². The van der Waals surface area contributed by atoms with E-state index in [-0.39, 0.29) is 0 Å². The van der Waals surface area contributed by atoms with Crippen molar-refractivity contribution in [1.29, 1.82) is 0 Å². The number of nitrogens with one attached hydrogen (secondary N) is 1. The topological polar surface area (TPSA) is 24.9 Å². The SMILES string of the molecule is Cc1ccc2nc(NCc3cscc3C)sc2c1. The maximum atomic E-state index is 4.59. The van der Waals surface area contributed by atoms with Crippen molar-refractivity contribution in [2.45, 2.75) is 20.4 Å². The van der Waals surface area contributed by atoms with Gasteiger partial charge in [0.2, 0.25) is 0 Å². The van der Waals surface area contributed by atoms with E-state index in [4.69, 9.17) is 0 Å². The smallest absolute Gasteiger partial charge is 0.184 e. The Balaban J connectivity index is 1.81. The summed E-state index contributed by atoms with van der Waals surface area (Å²) in [6, 6.07) is 6.38. The lowest BCUT2D eigenvalue weighted by atomic mass is 10.2. The molecule has 3 rings (SSSR count). The minimum Gasteiger partial charge on any atom is -0.357 e. The van der Waals surface area contributed by atoms with Crippen molar-refractivity contribution in [3.8, 4) is 0 Å². The van der Waals surface area contributed by atoms with Gasteiger partial charge in [-0.15, -0.1) is 0 Å². The molecule has 0 bridgehead atoms. The molecule has 2 heterocycles. The molecule has 0 atom stereocenters. The van der Waals surface area contributed by atoms with E-state index in [0.29, 0.717) is 0 Å². The Morgan fingerprint density at radius 1 is 1.22 bits per heavy atom. The number of thiazole rings is 1. The summed E-state index contributed by atoms with van der Waals surface area (Å²) in [4.78, 5) is 4.59. The predicted molar refractivity (Wildman–Crippen MR) is 80.7 cm³/mol. The van der Waals surface area contributed by atoms with Crippen LogP contribution in [0.1, 0.15) is 16.7 Å². The van der Waals surface area contributed by atoms with Gasteiger partial charge in [-0.2, -0.15) is 11.3 Å². The molecule has 1 N–H and O–H groups in total. The van der Waals surface area contributed by atoms with E-state index in [1.165, 1.54) is 21.4 Å². The van der Waals surface area contributed by atoms with E-state index in [1.54, 1.807) is 22.7 Å². The number of fused-ring (bicyclic) bond motifs is 1. The fourth-order valence-corrected chi connectivity index (χ4v) is 3.66. The summed E-state index contributed by atoms with van der Waals surface area (Å²) in [5.41, 5.74) is 5.07. The van der Waals surface area contributed by atoms with E-state index in [0.717, 1.165) is 17.2 Å². The number of hydrogen-bond donors (Lipinski definition) is 1. The van der Waals surface area contributed by atoms with Crippen molar-refractivity contribution in [2.75, 3.05) is 5.32 Å². The average molecular weight is 274 g/mol. The van der Waals surface area contributed by atoms with Crippen LogP contribution in [-0.2, 0) is 6.54 Å². The van der Waals surface area contributed by atoms with E-state index >= 15 is 0 Å². The summed E-state index contributed by atoms with van der Waals surface area (Å²) in [5.74, 6) is 0. The standard InChI is InChI=1S/C14H14N2S2/c1-9-3-4-12-13(5-9)18-14(16-12)15-6-11-8-17-7-10(11)2/h3-5,7-8H,6H2,1-2H3,(H,15,16). The Morgan fingerprint density at radius 3 is 2.89 bits per heavy atom. The molecule has 0 aliphatic rings. The van der Waals surface area contributed by atoms with Crippen molar-refractivity contribution >= 4 is 38.0 Å². The molecule has 4 heteroatoms. The lowest BCUT2D eigenvalue weighted by molar-refractivity contribution is 1.13. The molecule has 0 unspecified atom stereocenters. The molecule has 0 spiro atoms. The van der Waals surface area contributed by atoms with E-state index in [9.17, 15) is 0 Å². The summed E-state index contributed by atoms with van der Waals surface area (Å²) in [5, 5.41) is 8.79. The monoisotopic (exact) mass is 274 g/mol. The second kappa shape index (κ2) is 4.71. The van der Waals surface area contributed by atoms with Gasteiger partial charge in [0.15, 0.2) is 5.13 Å². The van der Waals surface area contributed by atoms with Crippen LogP contribution in [0.4, 0.5) is 5.13 Å². The zero-order valence-corrected chi connectivity index (χ0v) is 12.0. The highest BCUT2D eigenvalue weighted by Crippen LogP contribution is 2.27. The minimum absolute atomic E-state index is 0.855. The molecule has 0 saturated carbocycles. The number of rotatable bonds is 3. The third-order valence-electron chi connectivity index (χ3n) is 2.94. The summed E-state index contributed by atoms with van der Waals surface area (Å²) in [6.07, 6.45) is 0. The third-order valence-corrected chi connectivity index (χ3v) is 4.82. The number of aryl methyl sites for hydroxylation is 2. The van der Waals surface area contributed by atoms with Crippen LogP contribution >= 0.6 is 22.7 Å². The van der Waals surface area contributed by atoms with Crippen LogP contribution in [0.5, 0.6) is 0 Å². The van der Waals surface area contributed by atoms with Gasteiger partial charge in [0, 0.05) is 6.54 Å². The largest absolute Gasteiger partial charge is 0.357 e. The van der Waals surface area contributed by atoms with Crippen LogP contribution in [0.2, 0.25) is 0 Å². The van der Waals surface area contributed by atoms with E-state index < -0.39 is 0 Å². The van der Waals surface area contributed by atoms with E-state index in [2.05, 4.69) is 53.1 Å². The van der Waals surface area contributed by atoms with Crippen LogP contribution in [0.15, 0.2) is 29.0 Å². The average Bonchev–Trinajstić information content (AvgIpc) is 2.92. The molecular formula is C14H14N2S2. The van der Waals surface area contributed by atoms with Crippen molar-refractivity contribution in [1.82, 2.24) is 4.98 Å². The molecule has 0 aliphatic carbocycles. The fraction of sp³-hybridized carbons (Fsp3) is 0.214. The zero-order chi connectivity index (χ0) is 12.5. The van der Waals surface area contributed by atoms with Crippen LogP contribution in [0.25, 0.3) is 10.2 Å². The molecule has 0 fully saturated rings. The zero-order valence-electron chi connectivity index (χ0n) is 10.4. The molecule has 3 aromatic rings. The van der Waals surface area contributed by atoms with Crippen LogP contribution in [0.3, 0.4) is 0 Å². The number of benzene rings is 1. The highest BCUT2D eigenvalue weighted by molar-refractivity contribution is 7.22. The fourth-order valence-electron chi connectivity index (χ4n) is 1.85. The Bertz CT molecular complexity index is 682. The summed E-state index contributed by atoms with van der Waals surface area (Å²) < 4.78 is 1.25. The molecule has 0 amide bonds. The molecule has 0 radical (unpaired) electrons. The minimum atomic E-state index is 0.855. The first-order chi connectivity index (χ1) is 8.72. The van der Waals surface area contributed by atoms with Gasteiger partial charge >= 0.3 is 0 Å². The Hall–Kier alpha value is -1.39. The number of anilines is 1. The van der Waals surface area contributed by atoms with Gasteiger partial charge in [-0.05, 0) is 53.4 Å². The Morgan fingerprint density at radius 2 is 2.11 bits per heavy atom. The summed E-state index contributed by atoms with van der Waals surface area (Å²) >= 11 is 3.47. The molecule has 18 heavy (non-hydrogen) atoms. The second-order valence-corrected chi connectivity index (χ2v) is 6.20. The summed E-state index contributed by atoms with van der Waals surface area (Å²) in [6.45, 7) is 5.12. The van der Waals surface area contributed by atoms with Gasteiger partial charge in [0.05, 0.1) is 10.2 Å². The molecular weight excluding hydrogens is 260 g/mol. The van der Waals surface area contributed by atoms with Gasteiger partial charge in [-0.3, -0.25) is 0 Å². The summed E-state index contributed by atoms with van der Waals surface area (Å²) in [7, 11) is 0. The van der Waals surface area contributed by atoms with Gasteiger partial charge < -0.3 is 5.32 Å². The number of nitrogens with zero attached hydrogens (tertiary/aromatic N) is 1. The number of thiophene rings is 1. The maximum Gasteiger partial charge on any atom is 0.184 e. The van der Waals surface area contributed by atoms with Gasteiger partial charge in [0.1, 0.15) is 0 Å². The lowest BCUT2D eigenvalue weighted by Gasteiger charge is -2.00. The van der Waals surface area contributed by atoms with Crippen LogP contribution < -0.4 is 5.32 Å². The quantitative estimate of drug-likeness (QED) is 0.755. The molecule has 0 aliphatic heterocycles. The van der Waals surface area contributed by atoms with E-state index in [1.807, 2.05) is 0 Å². The van der Waals surface area contributed by atoms with Crippen molar-refractivity contribution in [2.24, 2.45) is 0 Å². The highest BCUT2D eigenvalue weighted by atomic mass is 32.1. The first-order valence-corrected chi connectivity index (χ1v) is 7.61. The highest BCUT2D eigenvalue weighted by Gasteiger charge is 2.04. The Labute approximate surface area is 114 Å². The maximum absolute atomic E-state index is 4.59. The molecule has 2 aromatic heterocycles. The van der Waals surface area contributed by atoms with Crippen LogP contribution in [-0.4, -0.2) is 4.98 Å². The molecule has 2 nitrogen and oxygen atoms in total.